The molecule has 0 atom stereocenters. The first-order valence-electron chi connectivity index (χ1n) is 9.64. The summed E-state index contributed by atoms with van der Waals surface area (Å²) in [5.74, 6) is 0.478. The number of benzene rings is 3. The van der Waals surface area contributed by atoms with E-state index in [1.165, 1.54) is 13.2 Å². The van der Waals surface area contributed by atoms with Crippen LogP contribution in [0.1, 0.15) is 16.7 Å². The van der Waals surface area contributed by atoms with Gasteiger partial charge in [-0.05, 0) is 82.0 Å². The van der Waals surface area contributed by atoms with Crippen molar-refractivity contribution in [3.63, 3.8) is 0 Å². The van der Waals surface area contributed by atoms with E-state index >= 15 is 0 Å². The predicted molar refractivity (Wildman–Crippen MR) is 130 cm³/mol. The number of hydrogen-bond acceptors (Lipinski definition) is 4. The zero-order chi connectivity index (χ0) is 23.1. The number of nitrogens with one attached hydrogen (secondary N) is 1. The van der Waals surface area contributed by atoms with Gasteiger partial charge in [-0.3, -0.25) is 4.79 Å². The lowest BCUT2D eigenvalue weighted by Gasteiger charge is -2.14. The lowest BCUT2D eigenvalue weighted by molar-refractivity contribution is -0.112. The van der Waals surface area contributed by atoms with E-state index in [9.17, 15) is 10.1 Å². The summed E-state index contributed by atoms with van der Waals surface area (Å²) >= 11 is 9.52. The van der Waals surface area contributed by atoms with Crippen molar-refractivity contribution < 1.29 is 14.3 Å². The first-order valence-corrected chi connectivity index (χ1v) is 10.8. The van der Waals surface area contributed by atoms with Crippen molar-refractivity contribution in [2.24, 2.45) is 0 Å². The highest BCUT2D eigenvalue weighted by atomic mass is 79.9. The van der Waals surface area contributed by atoms with Crippen LogP contribution in [0.2, 0.25) is 5.02 Å². The van der Waals surface area contributed by atoms with Crippen LogP contribution in [-0.4, -0.2) is 13.0 Å². The zero-order valence-corrected chi connectivity index (χ0v) is 19.8. The highest BCUT2D eigenvalue weighted by Crippen LogP contribution is 2.38. The summed E-state index contributed by atoms with van der Waals surface area (Å²) < 4.78 is 12.0. The number of halogens is 2. The van der Waals surface area contributed by atoms with Crippen molar-refractivity contribution in [1.82, 2.24) is 0 Å². The smallest absolute Gasteiger partial charge is 0.266 e. The molecule has 0 bridgehead atoms. The molecule has 3 aromatic rings. The number of hydrogen-bond donors (Lipinski definition) is 1. The van der Waals surface area contributed by atoms with Crippen molar-refractivity contribution in [3.8, 4) is 17.6 Å². The molecule has 0 saturated carbocycles. The third-order valence-corrected chi connectivity index (χ3v) is 5.30. The van der Waals surface area contributed by atoms with Gasteiger partial charge in [0, 0.05) is 10.7 Å². The van der Waals surface area contributed by atoms with E-state index in [4.69, 9.17) is 21.1 Å². The van der Waals surface area contributed by atoms with Gasteiger partial charge in [-0.1, -0.05) is 35.9 Å². The minimum Gasteiger partial charge on any atom is -0.493 e. The molecule has 0 heterocycles. The molecule has 1 N–H and O–H groups in total. The molecule has 5 nitrogen and oxygen atoms in total. The molecule has 0 aliphatic heterocycles. The van der Waals surface area contributed by atoms with Gasteiger partial charge >= 0.3 is 0 Å². The number of rotatable bonds is 7. The van der Waals surface area contributed by atoms with Gasteiger partial charge in [0.05, 0.1) is 11.6 Å². The second kappa shape index (κ2) is 10.9. The molecule has 3 rings (SSSR count). The maximum Gasteiger partial charge on any atom is 0.266 e. The molecule has 0 aliphatic rings. The van der Waals surface area contributed by atoms with Gasteiger partial charge in [0.1, 0.15) is 18.2 Å². The molecule has 0 spiro atoms. The molecule has 0 radical (unpaired) electrons. The molecule has 1 amide bonds. The van der Waals surface area contributed by atoms with Crippen molar-refractivity contribution in [1.29, 1.82) is 5.26 Å². The van der Waals surface area contributed by atoms with Crippen molar-refractivity contribution in [2.75, 3.05) is 12.4 Å². The van der Waals surface area contributed by atoms with Crippen LogP contribution < -0.4 is 14.8 Å². The van der Waals surface area contributed by atoms with Crippen LogP contribution in [0, 0.1) is 18.3 Å². The number of ether oxygens (including phenoxy) is 2. The summed E-state index contributed by atoms with van der Waals surface area (Å²) in [6.45, 7) is 2.23. The lowest BCUT2D eigenvalue weighted by atomic mass is 10.1. The molecule has 0 saturated heterocycles. The monoisotopic (exact) mass is 510 g/mol. The lowest BCUT2D eigenvalue weighted by Crippen LogP contribution is -2.13. The van der Waals surface area contributed by atoms with E-state index < -0.39 is 5.91 Å². The Morgan fingerprint density at radius 2 is 1.97 bits per heavy atom. The van der Waals surface area contributed by atoms with Gasteiger partial charge in [0.25, 0.3) is 5.91 Å². The maximum absolute atomic E-state index is 12.6. The Hall–Kier alpha value is -3.27. The minimum atomic E-state index is -0.491. The first-order chi connectivity index (χ1) is 15.4. The zero-order valence-electron chi connectivity index (χ0n) is 17.5. The first kappa shape index (κ1) is 23.4. The van der Waals surface area contributed by atoms with E-state index in [2.05, 4.69) is 21.2 Å². The molecule has 7 heteroatoms. The summed E-state index contributed by atoms with van der Waals surface area (Å²) in [5, 5.41) is 12.9. The molecule has 0 fully saturated rings. The number of nitriles is 1. The second-order valence-corrected chi connectivity index (χ2v) is 8.24. The van der Waals surface area contributed by atoms with E-state index in [-0.39, 0.29) is 5.57 Å². The number of amides is 1. The van der Waals surface area contributed by atoms with Gasteiger partial charge < -0.3 is 14.8 Å². The van der Waals surface area contributed by atoms with Gasteiger partial charge in [-0.15, -0.1) is 0 Å². The number of anilines is 1. The fourth-order valence-electron chi connectivity index (χ4n) is 2.98. The minimum absolute atomic E-state index is 0.0342. The van der Waals surface area contributed by atoms with Crippen molar-refractivity contribution in [2.45, 2.75) is 13.5 Å². The third kappa shape index (κ3) is 6.13. The number of nitrogens with zero attached hydrogens (tertiary/aromatic N) is 1. The van der Waals surface area contributed by atoms with E-state index in [0.29, 0.717) is 38.9 Å². The summed E-state index contributed by atoms with van der Waals surface area (Å²) in [5.41, 5.74) is 3.12. The predicted octanol–water partition coefficient (Wildman–Crippen LogP) is 6.54. The SMILES string of the molecule is COc1cc(/C=C(\C#N)C(=O)Nc2cccc(C)c2)cc(Br)c1OCc1cccc(Cl)c1. The fraction of sp³-hybridized carbons (Fsp3) is 0.120. The van der Waals surface area contributed by atoms with Crippen LogP contribution >= 0.6 is 27.5 Å². The molecule has 0 aliphatic carbocycles. The normalized spacial score (nSPS) is 10.9. The van der Waals surface area contributed by atoms with Crippen LogP contribution in [0.4, 0.5) is 5.69 Å². The summed E-state index contributed by atoms with van der Waals surface area (Å²) in [6, 6.07) is 20.2. The van der Waals surface area contributed by atoms with Gasteiger partial charge in [-0.25, -0.2) is 0 Å². The Morgan fingerprint density at radius 3 is 2.66 bits per heavy atom. The topological polar surface area (TPSA) is 71.3 Å². The Balaban J connectivity index is 1.82. The largest absolute Gasteiger partial charge is 0.493 e. The van der Waals surface area contributed by atoms with Crippen molar-refractivity contribution >= 4 is 45.2 Å². The number of carbonyl (C=O) groups excluding carboxylic acids is 1. The highest BCUT2D eigenvalue weighted by molar-refractivity contribution is 9.10. The molecule has 0 aromatic heterocycles. The fourth-order valence-corrected chi connectivity index (χ4v) is 3.77. The van der Waals surface area contributed by atoms with E-state index in [1.807, 2.05) is 49.4 Å². The van der Waals surface area contributed by atoms with Crippen LogP contribution in [0.25, 0.3) is 6.08 Å². The van der Waals surface area contributed by atoms with Crippen LogP contribution in [0.15, 0.2) is 70.7 Å². The Kier molecular flexibility index (Phi) is 7.93. The third-order valence-electron chi connectivity index (χ3n) is 4.48. The van der Waals surface area contributed by atoms with Gasteiger partial charge in [-0.2, -0.15) is 5.26 Å². The van der Waals surface area contributed by atoms with Crippen LogP contribution in [0.5, 0.6) is 11.5 Å². The number of methoxy groups -OCH3 is 1. The standard InChI is InChI=1S/C25H20BrClN2O3/c1-16-5-3-8-21(9-16)29-25(30)19(14-28)10-18-12-22(26)24(23(13-18)31-2)32-15-17-6-4-7-20(27)11-17/h3-13H,15H2,1-2H3,(H,29,30)/b19-10+. The second-order valence-electron chi connectivity index (χ2n) is 6.95. The summed E-state index contributed by atoms with van der Waals surface area (Å²) in [7, 11) is 1.52. The molecule has 3 aromatic carbocycles. The van der Waals surface area contributed by atoms with Crippen LogP contribution in [-0.2, 0) is 11.4 Å². The molecular weight excluding hydrogens is 492 g/mol. The van der Waals surface area contributed by atoms with Gasteiger partial charge in [0.15, 0.2) is 11.5 Å². The average molecular weight is 512 g/mol. The molecular formula is C25H20BrClN2O3. The highest BCUT2D eigenvalue weighted by Gasteiger charge is 2.14. The molecule has 162 valence electrons. The number of carbonyl (C=O) groups is 1. The Labute approximate surface area is 200 Å². The number of aryl methyl sites for hydroxylation is 1. The van der Waals surface area contributed by atoms with E-state index in [1.54, 1.807) is 24.3 Å². The summed E-state index contributed by atoms with van der Waals surface area (Å²) in [4.78, 5) is 12.6. The molecule has 0 unspecified atom stereocenters. The Bertz CT molecular complexity index is 1220. The average Bonchev–Trinajstić information content (AvgIpc) is 2.76. The summed E-state index contributed by atoms with van der Waals surface area (Å²) in [6.07, 6.45) is 1.50. The van der Waals surface area contributed by atoms with Crippen LogP contribution in [0.3, 0.4) is 0 Å². The quantitative estimate of drug-likeness (QED) is 0.289. The van der Waals surface area contributed by atoms with Crippen molar-refractivity contribution in [3.05, 3.63) is 92.4 Å². The molecule has 32 heavy (non-hydrogen) atoms. The van der Waals surface area contributed by atoms with Gasteiger partial charge in [0.2, 0.25) is 0 Å². The Morgan fingerprint density at radius 1 is 1.19 bits per heavy atom. The maximum atomic E-state index is 12.6. The van der Waals surface area contributed by atoms with E-state index in [0.717, 1.165) is 11.1 Å².